The van der Waals surface area contributed by atoms with E-state index in [1.165, 1.54) is 4.90 Å². The third kappa shape index (κ3) is 6.09. The van der Waals surface area contributed by atoms with Crippen LogP contribution in [0.4, 0.5) is 0 Å². The third-order valence-corrected chi connectivity index (χ3v) is 6.48. The van der Waals surface area contributed by atoms with Gasteiger partial charge in [-0.3, -0.25) is 24.1 Å². The van der Waals surface area contributed by atoms with Crippen molar-refractivity contribution in [2.24, 2.45) is 17.8 Å². The summed E-state index contributed by atoms with van der Waals surface area (Å²) in [6.07, 6.45) is 5.69. The first kappa shape index (κ1) is 24.7. The van der Waals surface area contributed by atoms with Crippen molar-refractivity contribution in [1.82, 2.24) is 15.1 Å². The third-order valence-electron chi connectivity index (χ3n) is 6.48. The molecule has 0 radical (unpaired) electrons. The molecule has 1 saturated heterocycles. The number of carbonyl (C=O) groups excluding carboxylic acids is 4. The van der Waals surface area contributed by atoms with Gasteiger partial charge in [0.1, 0.15) is 6.04 Å². The van der Waals surface area contributed by atoms with E-state index < -0.39 is 6.04 Å². The van der Waals surface area contributed by atoms with Gasteiger partial charge in [-0.05, 0) is 37.7 Å². The molecule has 1 aromatic carbocycles. The van der Waals surface area contributed by atoms with Gasteiger partial charge in [0, 0.05) is 26.1 Å². The summed E-state index contributed by atoms with van der Waals surface area (Å²) in [5, 5.41) is 2.90. The number of imide groups is 1. The highest BCUT2D eigenvalue weighted by Crippen LogP contribution is 2.35. The second-order valence-corrected chi connectivity index (χ2v) is 9.37. The molecule has 178 valence electrons. The average molecular weight is 454 g/mol. The Balaban J connectivity index is 1.65. The number of likely N-dealkylation sites (tertiary alicyclic amines) is 1. The maximum Gasteiger partial charge on any atom is 0.242 e. The van der Waals surface area contributed by atoms with Gasteiger partial charge in [-0.1, -0.05) is 56.3 Å². The van der Waals surface area contributed by atoms with E-state index in [-0.39, 0.29) is 48.4 Å². The summed E-state index contributed by atoms with van der Waals surface area (Å²) in [6, 6.07) is 9.16. The number of hydrogen-bond donors (Lipinski definition) is 1. The van der Waals surface area contributed by atoms with Crippen LogP contribution in [0.25, 0.3) is 0 Å². The zero-order valence-corrected chi connectivity index (χ0v) is 19.8. The number of rotatable bonds is 10. The van der Waals surface area contributed by atoms with Crippen LogP contribution in [0.2, 0.25) is 0 Å². The Morgan fingerprint density at radius 1 is 1.03 bits per heavy atom. The van der Waals surface area contributed by atoms with Gasteiger partial charge in [0.25, 0.3) is 0 Å². The van der Waals surface area contributed by atoms with Crippen molar-refractivity contribution >= 4 is 23.6 Å². The monoisotopic (exact) mass is 453 g/mol. The minimum absolute atomic E-state index is 0.0148. The van der Waals surface area contributed by atoms with Gasteiger partial charge in [0.05, 0.1) is 11.8 Å². The maximum atomic E-state index is 13.2. The summed E-state index contributed by atoms with van der Waals surface area (Å²) in [7, 11) is 0. The Labute approximate surface area is 196 Å². The fraction of sp³-hybridized carbons (Fsp3) is 0.538. The van der Waals surface area contributed by atoms with Crippen LogP contribution in [0.3, 0.4) is 0 Å². The van der Waals surface area contributed by atoms with Crippen LogP contribution in [0.1, 0.15) is 45.6 Å². The second kappa shape index (κ2) is 11.3. The molecule has 1 N–H and O–H groups in total. The highest BCUT2D eigenvalue weighted by Gasteiger charge is 2.47. The molecule has 1 aromatic rings. The standard InChI is InChI=1S/C26H35N3O4/c1-18(2)17-27-24(31)19(3)28(15-13-20-9-5-4-6-10-20)23(30)14-16-29-25(32)21-11-7-8-12-22(21)26(29)33/h4-10,18-19,21-22H,11-17H2,1-3H3,(H,27,31)/t19?,21-,22+. The van der Waals surface area contributed by atoms with Crippen molar-refractivity contribution in [2.75, 3.05) is 19.6 Å². The summed E-state index contributed by atoms with van der Waals surface area (Å²) in [4.78, 5) is 54.2. The maximum absolute atomic E-state index is 13.2. The lowest BCUT2D eigenvalue weighted by atomic mass is 9.85. The van der Waals surface area contributed by atoms with Crippen LogP contribution in [-0.4, -0.2) is 59.1 Å². The molecule has 1 fully saturated rings. The molecular formula is C26H35N3O4. The van der Waals surface area contributed by atoms with Gasteiger partial charge in [-0.2, -0.15) is 0 Å². The summed E-state index contributed by atoms with van der Waals surface area (Å²) in [5.74, 6) is -1.08. The van der Waals surface area contributed by atoms with Crippen molar-refractivity contribution in [3.8, 4) is 0 Å². The second-order valence-electron chi connectivity index (χ2n) is 9.37. The first-order valence-electron chi connectivity index (χ1n) is 11.9. The highest BCUT2D eigenvalue weighted by atomic mass is 16.2. The van der Waals surface area contributed by atoms with Crippen LogP contribution in [0, 0.1) is 17.8 Å². The van der Waals surface area contributed by atoms with Crippen LogP contribution >= 0.6 is 0 Å². The minimum atomic E-state index is -0.642. The fourth-order valence-electron chi connectivity index (χ4n) is 4.46. The number of benzene rings is 1. The van der Waals surface area contributed by atoms with Gasteiger partial charge in [0.2, 0.25) is 23.6 Å². The number of fused-ring (bicyclic) bond motifs is 1. The number of amides is 4. The summed E-state index contributed by atoms with van der Waals surface area (Å²) in [5.41, 5.74) is 1.08. The Morgan fingerprint density at radius 3 is 2.21 bits per heavy atom. The molecule has 7 nitrogen and oxygen atoms in total. The molecule has 4 amide bonds. The molecule has 3 atom stereocenters. The summed E-state index contributed by atoms with van der Waals surface area (Å²) in [6.45, 7) is 6.74. The van der Waals surface area contributed by atoms with Gasteiger partial charge in [-0.15, -0.1) is 0 Å². The Kier molecular flexibility index (Phi) is 8.42. The Morgan fingerprint density at radius 2 is 1.64 bits per heavy atom. The fourth-order valence-corrected chi connectivity index (χ4v) is 4.46. The van der Waals surface area contributed by atoms with E-state index in [1.807, 2.05) is 56.3 Å². The molecule has 33 heavy (non-hydrogen) atoms. The molecule has 2 aliphatic rings. The normalized spacial score (nSPS) is 20.7. The Hall–Kier alpha value is -2.96. The molecule has 0 saturated carbocycles. The van der Waals surface area contributed by atoms with E-state index in [1.54, 1.807) is 11.8 Å². The first-order chi connectivity index (χ1) is 15.8. The van der Waals surface area contributed by atoms with Crippen LogP contribution in [-0.2, 0) is 25.6 Å². The van der Waals surface area contributed by atoms with Crippen molar-refractivity contribution in [3.63, 3.8) is 0 Å². The molecule has 0 aromatic heterocycles. The van der Waals surface area contributed by atoms with E-state index in [0.29, 0.717) is 38.3 Å². The molecule has 1 heterocycles. The average Bonchev–Trinajstić information content (AvgIpc) is 3.06. The largest absolute Gasteiger partial charge is 0.354 e. The van der Waals surface area contributed by atoms with E-state index in [2.05, 4.69) is 5.32 Å². The van der Waals surface area contributed by atoms with E-state index in [9.17, 15) is 19.2 Å². The minimum Gasteiger partial charge on any atom is -0.354 e. The molecule has 1 aliphatic heterocycles. The van der Waals surface area contributed by atoms with Gasteiger partial charge < -0.3 is 10.2 Å². The van der Waals surface area contributed by atoms with Gasteiger partial charge in [0.15, 0.2) is 0 Å². The number of hydrogen-bond acceptors (Lipinski definition) is 4. The van der Waals surface area contributed by atoms with Crippen molar-refractivity contribution < 1.29 is 19.2 Å². The number of nitrogens with one attached hydrogen (secondary N) is 1. The van der Waals surface area contributed by atoms with Crippen molar-refractivity contribution in [2.45, 2.75) is 52.5 Å². The lowest BCUT2D eigenvalue weighted by molar-refractivity contribution is -0.143. The summed E-state index contributed by atoms with van der Waals surface area (Å²) >= 11 is 0. The lowest BCUT2D eigenvalue weighted by Gasteiger charge is -2.29. The van der Waals surface area contributed by atoms with E-state index >= 15 is 0 Å². The van der Waals surface area contributed by atoms with Crippen LogP contribution in [0.15, 0.2) is 42.5 Å². The zero-order valence-electron chi connectivity index (χ0n) is 19.8. The number of allylic oxidation sites excluding steroid dienone is 2. The first-order valence-corrected chi connectivity index (χ1v) is 11.9. The molecular weight excluding hydrogens is 418 g/mol. The SMILES string of the molecule is CC(C)CNC(=O)C(C)N(CCc1ccccc1)C(=O)CCN1C(=O)[C@H]2CC=CC[C@H]2C1=O. The molecule has 3 rings (SSSR count). The quantitative estimate of drug-likeness (QED) is 0.436. The molecule has 1 aliphatic carbocycles. The lowest BCUT2D eigenvalue weighted by Crippen LogP contribution is -2.50. The van der Waals surface area contributed by atoms with Crippen molar-refractivity contribution in [3.05, 3.63) is 48.0 Å². The number of carbonyl (C=O) groups is 4. The van der Waals surface area contributed by atoms with Gasteiger partial charge >= 0.3 is 0 Å². The molecule has 0 spiro atoms. The molecule has 0 bridgehead atoms. The Bertz CT molecular complexity index is 870. The topological polar surface area (TPSA) is 86.8 Å². The highest BCUT2D eigenvalue weighted by molar-refractivity contribution is 6.05. The van der Waals surface area contributed by atoms with Crippen LogP contribution < -0.4 is 5.32 Å². The number of nitrogens with zero attached hydrogens (tertiary/aromatic N) is 2. The summed E-state index contributed by atoms with van der Waals surface area (Å²) < 4.78 is 0. The van der Waals surface area contributed by atoms with Crippen molar-refractivity contribution in [1.29, 1.82) is 0 Å². The van der Waals surface area contributed by atoms with Gasteiger partial charge in [-0.25, -0.2) is 0 Å². The van der Waals surface area contributed by atoms with E-state index in [4.69, 9.17) is 0 Å². The predicted octanol–water partition coefficient (Wildman–Crippen LogP) is 2.56. The molecule has 1 unspecified atom stereocenters. The van der Waals surface area contributed by atoms with E-state index in [0.717, 1.165) is 5.56 Å². The zero-order chi connectivity index (χ0) is 24.0. The molecule has 7 heteroatoms. The van der Waals surface area contributed by atoms with Crippen LogP contribution in [0.5, 0.6) is 0 Å². The predicted molar refractivity (Wildman–Crippen MR) is 126 cm³/mol. The smallest absolute Gasteiger partial charge is 0.242 e.